The van der Waals surface area contributed by atoms with Gasteiger partial charge in [-0.3, -0.25) is 9.69 Å². The molecule has 1 saturated heterocycles. The average Bonchev–Trinajstić information content (AvgIpc) is 2.34. The molecule has 0 spiro atoms. The lowest BCUT2D eigenvalue weighted by atomic mass is 9.94. The summed E-state index contributed by atoms with van der Waals surface area (Å²) in [7, 11) is 1.71. The molecular weight excluding hydrogens is 226 g/mol. The second kappa shape index (κ2) is 6.53. The molecule has 0 aromatic rings. The fourth-order valence-electron chi connectivity index (χ4n) is 2.37. The lowest BCUT2D eigenvalue weighted by Crippen LogP contribution is -2.49. The lowest BCUT2D eigenvalue weighted by molar-refractivity contribution is -0.125. The number of nitrogens with one attached hydrogen (secondary N) is 2. The third-order valence-electron chi connectivity index (χ3n) is 3.74. The first kappa shape index (κ1) is 15.4. The number of hydrogen-bond donors (Lipinski definition) is 2. The number of amides is 1. The van der Waals surface area contributed by atoms with Gasteiger partial charge in [0, 0.05) is 12.6 Å². The van der Waals surface area contributed by atoms with E-state index >= 15 is 0 Å². The predicted molar refractivity (Wildman–Crippen MR) is 75.6 cm³/mol. The Labute approximate surface area is 111 Å². The molecule has 1 fully saturated rings. The van der Waals surface area contributed by atoms with Crippen molar-refractivity contribution < 1.29 is 4.79 Å². The van der Waals surface area contributed by atoms with Gasteiger partial charge in [0.25, 0.3) is 0 Å². The Morgan fingerprint density at radius 1 is 1.33 bits per heavy atom. The molecule has 1 amide bonds. The summed E-state index contributed by atoms with van der Waals surface area (Å²) >= 11 is 0. The molecule has 1 atom stereocenters. The molecule has 0 aliphatic carbocycles. The number of rotatable bonds is 4. The van der Waals surface area contributed by atoms with Crippen LogP contribution in [-0.2, 0) is 4.79 Å². The minimum absolute atomic E-state index is 0.00604. The highest BCUT2D eigenvalue weighted by Gasteiger charge is 2.26. The van der Waals surface area contributed by atoms with Crippen molar-refractivity contribution in [3.8, 4) is 0 Å². The molecule has 0 saturated carbocycles. The van der Waals surface area contributed by atoms with E-state index in [0.29, 0.717) is 0 Å². The van der Waals surface area contributed by atoms with Crippen molar-refractivity contribution in [1.82, 2.24) is 15.5 Å². The van der Waals surface area contributed by atoms with Gasteiger partial charge in [-0.05, 0) is 66.1 Å². The van der Waals surface area contributed by atoms with Gasteiger partial charge >= 0.3 is 0 Å². The van der Waals surface area contributed by atoms with E-state index in [1.807, 2.05) is 6.92 Å². The van der Waals surface area contributed by atoms with Crippen molar-refractivity contribution in [2.75, 3.05) is 26.7 Å². The molecule has 4 heteroatoms. The third-order valence-corrected chi connectivity index (χ3v) is 3.74. The van der Waals surface area contributed by atoms with Crippen LogP contribution >= 0.6 is 0 Å². The van der Waals surface area contributed by atoms with Gasteiger partial charge in [0.15, 0.2) is 0 Å². The van der Waals surface area contributed by atoms with Crippen molar-refractivity contribution in [1.29, 1.82) is 0 Å². The van der Waals surface area contributed by atoms with Crippen LogP contribution in [0.15, 0.2) is 0 Å². The van der Waals surface area contributed by atoms with Crippen LogP contribution in [0.2, 0.25) is 0 Å². The fourth-order valence-corrected chi connectivity index (χ4v) is 2.37. The van der Waals surface area contributed by atoms with Crippen molar-refractivity contribution in [2.24, 2.45) is 5.92 Å². The maximum atomic E-state index is 11.6. The van der Waals surface area contributed by atoms with Crippen LogP contribution in [0.25, 0.3) is 0 Å². The summed E-state index contributed by atoms with van der Waals surface area (Å²) in [5.74, 6) is 0.874. The van der Waals surface area contributed by atoms with E-state index in [1.165, 1.54) is 12.8 Å². The van der Waals surface area contributed by atoms with Crippen molar-refractivity contribution in [3.63, 3.8) is 0 Å². The molecule has 4 nitrogen and oxygen atoms in total. The van der Waals surface area contributed by atoms with Gasteiger partial charge in [0.2, 0.25) is 5.91 Å². The quantitative estimate of drug-likeness (QED) is 0.794. The Bertz CT molecular complexity index is 265. The molecule has 1 aliphatic rings. The Morgan fingerprint density at radius 3 is 2.33 bits per heavy atom. The minimum atomic E-state index is 0.00604. The second-order valence-electron chi connectivity index (χ2n) is 6.40. The van der Waals surface area contributed by atoms with E-state index < -0.39 is 0 Å². The molecule has 0 bridgehead atoms. The van der Waals surface area contributed by atoms with Crippen LogP contribution < -0.4 is 10.6 Å². The van der Waals surface area contributed by atoms with E-state index in [9.17, 15) is 4.79 Å². The van der Waals surface area contributed by atoms with Gasteiger partial charge in [-0.1, -0.05) is 0 Å². The molecule has 18 heavy (non-hydrogen) atoms. The molecule has 1 rings (SSSR count). The zero-order valence-corrected chi connectivity index (χ0v) is 12.5. The van der Waals surface area contributed by atoms with E-state index in [-0.39, 0.29) is 17.5 Å². The summed E-state index contributed by atoms with van der Waals surface area (Å²) in [5, 5.41) is 6.30. The molecule has 2 N–H and O–H groups in total. The first-order valence-corrected chi connectivity index (χ1v) is 7.04. The number of likely N-dealkylation sites (tertiary alicyclic amines) is 1. The Hall–Kier alpha value is -0.610. The molecule has 0 aromatic carbocycles. The largest absolute Gasteiger partial charge is 0.358 e. The molecule has 0 aromatic heterocycles. The molecule has 106 valence electrons. The second-order valence-corrected chi connectivity index (χ2v) is 6.40. The normalized spacial score (nSPS) is 20.7. The summed E-state index contributed by atoms with van der Waals surface area (Å²) in [6.07, 6.45) is 2.37. The first-order valence-electron chi connectivity index (χ1n) is 7.04. The van der Waals surface area contributed by atoms with Crippen LogP contribution in [0.3, 0.4) is 0 Å². The molecule has 1 heterocycles. The highest BCUT2D eigenvalue weighted by molar-refractivity contribution is 5.80. The van der Waals surface area contributed by atoms with E-state index in [1.54, 1.807) is 7.05 Å². The van der Waals surface area contributed by atoms with Crippen molar-refractivity contribution in [3.05, 3.63) is 0 Å². The van der Waals surface area contributed by atoms with Gasteiger partial charge in [0.1, 0.15) is 0 Å². The SMILES string of the molecule is CNC(=O)C(C)N1CCC(CNC(C)(C)C)CC1. The van der Waals surface area contributed by atoms with Crippen LogP contribution in [0.4, 0.5) is 0 Å². The number of piperidine rings is 1. The topological polar surface area (TPSA) is 44.4 Å². The summed E-state index contributed by atoms with van der Waals surface area (Å²) in [6, 6.07) is 0.00604. The summed E-state index contributed by atoms with van der Waals surface area (Å²) in [6.45, 7) is 11.8. The Balaban J connectivity index is 2.30. The lowest BCUT2D eigenvalue weighted by Gasteiger charge is -2.36. The van der Waals surface area contributed by atoms with Crippen LogP contribution in [0, 0.1) is 5.92 Å². The predicted octanol–water partition coefficient (Wildman–Crippen LogP) is 1.22. The minimum Gasteiger partial charge on any atom is -0.358 e. The number of carbonyl (C=O) groups is 1. The van der Waals surface area contributed by atoms with Crippen LogP contribution in [0.1, 0.15) is 40.5 Å². The number of hydrogen-bond acceptors (Lipinski definition) is 3. The maximum Gasteiger partial charge on any atom is 0.236 e. The summed E-state index contributed by atoms with van der Waals surface area (Å²) in [4.78, 5) is 13.9. The molecule has 1 aliphatic heterocycles. The highest BCUT2D eigenvalue weighted by atomic mass is 16.2. The standard InChI is InChI=1S/C14H29N3O/c1-11(13(18)15-5)17-8-6-12(7-9-17)10-16-14(2,3)4/h11-12,16H,6-10H2,1-5H3,(H,15,18). The molecule has 0 radical (unpaired) electrons. The number of carbonyl (C=O) groups excluding carboxylic acids is 1. The highest BCUT2D eigenvalue weighted by Crippen LogP contribution is 2.19. The molecule has 1 unspecified atom stereocenters. The summed E-state index contributed by atoms with van der Waals surface area (Å²) in [5.41, 5.74) is 0.201. The van der Waals surface area contributed by atoms with Gasteiger partial charge in [-0.2, -0.15) is 0 Å². The van der Waals surface area contributed by atoms with E-state index in [4.69, 9.17) is 0 Å². The van der Waals surface area contributed by atoms with E-state index in [0.717, 1.165) is 25.6 Å². The fraction of sp³-hybridized carbons (Fsp3) is 0.929. The van der Waals surface area contributed by atoms with E-state index in [2.05, 4.69) is 36.3 Å². The maximum absolute atomic E-state index is 11.6. The van der Waals surface area contributed by atoms with Gasteiger partial charge in [-0.15, -0.1) is 0 Å². The Kier molecular flexibility index (Phi) is 5.60. The van der Waals surface area contributed by atoms with Crippen LogP contribution in [0.5, 0.6) is 0 Å². The number of likely N-dealkylation sites (N-methyl/N-ethyl adjacent to an activating group) is 1. The third kappa shape index (κ3) is 4.94. The molecular formula is C14H29N3O. The zero-order valence-electron chi connectivity index (χ0n) is 12.5. The smallest absolute Gasteiger partial charge is 0.236 e. The van der Waals surface area contributed by atoms with Crippen molar-refractivity contribution in [2.45, 2.75) is 52.1 Å². The van der Waals surface area contributed by atoms with Crippen LogP contribution in [-0.4, -0.2) is 49.1 Å². The van der Waals surface area contributed by atoms with Crippen molar-refractivity contribution >= 4 is 5.91 Å². The van der Waals surface area contributed by atoms with Gasteiger partial charge < -0.3 is 10.6 Å². The average molecular weight is 255 g/mol. The monoisotopic (exact) mass is 255 g/mol. The zero-order chi connectivity index (χ0) is 13.8. The van der Waals surface area contributed by atoms with Gasteiger partial charge in [-0.25, -0.2) is 0 Å². The Morgan fingerprint density at radius 2 is 1.89 bits per heavy atom. The first-order chi connectivity index (χ1) is 8.33. The van der Waals surface area contributed by atoms with Gasteiger partial charge in [0.05, 0.1) is 6.04 Å². The number of nitrogens with zero attached hydrogens (tertiary/aromatic N) is 1. The summed E-state index contributed by atoms with van der Waals surface area (Å²) < 4.78 is 0.